The summed E-state index contributed by atoms with van der Waals surface area (Å²) in [6.07, 6.45) is 1.46. The summed E-state index contributed by atoms with van der Waals surface area (Å²) in [7, 11) is 0. The zero-order valence-corrected chi connectivity index (χ0v) is 8.53. The number of nitrogens with zero attached hydrogens (tertiary/aromatic N) is 1. The number of Topliss-reactive ketones (excluding diaryl/α,β-unsaturated/α-hetero) is 1. The molecule has 0 radical (unpaired) electrons. The van der Waals surface area contributed by atoms with Gasteiger partial charge in [0, 0.05) is 34.4 Å². The Morgan fingerprint density at radius 3 is 2.67 bits per heavy atom. The fourth-order valence-electron chi connectivity index (χ4n) is 0.757. The summed E-state index contributed by atoms with van der Waals surface area (Å²) in [6.45, 7) is 1.46. The molecule has 0 bridgehead atoms. The van der Waals surface area contributed by atoms with Gasteiger partial charge >= 0.3 is 0 Å². The molecule has 1 aromatic heterocycles. The number of hydrogen-bond donors (Lipinski definition) is 0. The van der Waals surface area contributed by atoms with E-state index in [1.807, 2.05) is 0 Å². The molecule has 12 heavy (non-hydrogen) atoms. The van der Waals surface area contributed by atoms with Crippen molar-refractivity contribution in [1.82, 2.24) is 4.98 Å². The summed E-state index contributed by atoms with van der Waals surface area (Å²) in [5.74, 6) is -0.0590. The second-order valence-electron chi connectivity index (χ2n) is 2.26. The topological polar surface area (TPSA) is 47.0 Å². The predicted molar refractivity (Wildman–Crippen MR) is 52.6 cm³/mol. The van der Waals surface area contributed by atoms with Gasteiger partial charge in [-0.2, -0.15) is 0 Å². The normalized spacial score (nSPS) is 9.50. The molecule has 0 saturated carbocycles. The van der Waals surface area contributed by atoms with Crippen LogP contribution in [0.5, 0.6) is 0 Å². The quantitative estimate of drug-likeness (QED) is 0.470. The minimum atomic E-state index is -0.157. The van der Waals surface area contributed by atoms with Crippen LogP contribution >= 0.6 is 22.6 Å². The van der Waals surface area contributed by atoms with Gasteiger partial charge in [0.05, 0.1) is 0 Å². The van der Waals surface area contributed by atoms with Gasteiger partial charge in [0.25, 0.3) is 0 Å². The highest BCUT2D eigenvalue weighted by atomic mass is 127. The zero-order valence-electron chi connectivity index (χ0n) is 6.37. The predicted octanol–water partition coefficient (Wildman–Crippen LogP) is 1.86. The van der Waals surface area contributed by atoms with Crippen molar-refractivity contribution in [2.75, 3.05) is 0 Å². The van der Waals surface area contributed by atoms with E-state index in [4.69, 9.17) is 0 Å². The molecule has 0 atom stereocenters. The fourth-order valence-corrected chi connectivity index (χ4v) is 1.05. The third kappa shape index (κ3) is 2.10. The van der Waals surface area contributed by atoms with Gasteiger partial charge in [-0.15, -0.1) is 0 Å². The molecule has 0 amide bonds. The van der Waals surface area contributed by atoms with E-state index in [0.29, 0.717) is 11.3 Å². The monoisotopic (exact) mass is 275 g/mol. The third-order valence-corrected chi connectivity index (χ3v) is 1.92. The van der Waals surface area contributed by atoms with E-state index in [9.17, 15) is 9.59 Å². The smallest absolute Gasteiger partial charge is 0.240 e. The van der Waals surface area contributed by atoms with Crippen molar-refractivity contribution in [3.63, 3.8) is 0 Å². The van der Waals surface area contributed by atoms with Crippen LogP contribution in [0.2, 0.25) is 0 Å². The Bertz CT molecular complexity index is 306. The van der Waals surface area contributed by atoms with E-state index in [1.165, 1.54) is 19.2 Å². The number of rotatable bonds is 2. The average Bonchev–Trinajstić information content (AvgIpc) is 2.04. The van der Waals surface area contributed by atoms with Crippen LogP contribution < -0.4 is 0 Å². The molecule has 1 rings (SSSR count). The first-order chi connectivity index (χ1) is 5.61. The Balaban J connectivity index is 3.12. The third-order valence-electron chi connectivity index (χ3n) is 1.37. The van der Waals surface area contributed by atoms with Crippen LogP contribution in [0.1, 0.15) is 27.8 Å². The molecule has 0 N–H and O–H groups in total. The number of ketones is 1. The van der Waals surface area contributed by atoms with E-state index in [0.717, 1.165) is 0 Å². The van der Waals surface area contributed by atoms with Crippen LogP contribution in [-0.2, 0) is 0 Å². The number of pyridine rings is 1. The Morgan fingerprint density at radius 1 is 1.50 bits per heavy atom. The van der Waals surface area contributed by atoms with Crippen molar-refractivity contribution >= 4 is 32.2 Å². The molecular weight excluding hydrogens is 269 g/mol. The first-order valence-electron chi connectivity index (χ1n) is 3.28. The summed E-state index contributed by atoms with van der Waals surface area (Å²) in [5, 5.41) is 0. The van der Waals surface area contributed by atoms with Crippen molar-refractivity contribution in [3.8, 4) is 0 Å². The SMILES string of the molecule is CC(=O)c1ccnc(C(=O)I)c1. The first kappa shape index (κ1) is 9.31. The van der Waals surface area contributed by atoms with E-state index >= 15 is 0 Å². The summed E-state index contributed by atoms with van der Waals surface area (Å²) < 4.78 is -0.157. The van der Waals surface area contributed by atoms with Crippen LogP contribution in [0.25, 0.3) is 0 Å². The Morgan fingerprint density at radius 2 is 2.17 bits per heavy atom. The lowest BCUT2D eigenvalue weighted by molar-refractivity contribution is 0.101. The summed E-state index contributed by atoms with van der Waals surface area (Å²) >= 11 is 1.64. The van der Waals surface area contributed by atoms with E-state index in [-0.39, 0.29) is 9.57 Å². The van der Waals surface area contributed by atoms with E-state index in [2.05, 4.69) is 4.98 Å². The second-order valence-corrected chi connectivity index (χ2v) is 3.24. The number of carbonyl (C=O) groups excluding carboxylic acids is 2. The first-order valence-corrected chi connectivity index (χ1v) is 4.36. The standard InChI is InChI=1S/C8H6INO2/c1-5(11)6-2-3-10-7(4-6)8(9)12/h2-4H,1H3. The zero-order chi connectivity index (χ0) is 9.14. The van der Waals surface area contributed by atoms with Gasteiger partial charge in [0.15, 0.2) is 5.78 Å². The highest BCUT2D eigenvalue weighted by Crippen LogP contribution is 2.06. The highest BCUT2D eigenvalue weighted by molar-refractivity contribution is 14.1. The molecule has 0 unspecified atom stereocenters. The van der Waals surface area contributed by atoms with E-state index in [1.54, 1.807) is 28.7 Å². The fraction of sp³-hybridized carbons (Fsp3) is 0.125. The maximum Gasteiger partial charge on any atom is 0.240 e. The van der Waals surface area contributed by atoms with Gasteiger partial charge in [0.1, 0.15) is 5.69 Å². The number of hydrogen-bond acceptors (Lipinski definition) is 3. The molecule has 0 spiro atoms. The molecule has 3 nitrogen and oxygen atoms in total. The maximum absolute atomic E-state index is 10.9. The van der Waals surface area contributed by atoms with Crippen LogP contribution in [0, 0.1) is 0 Å². The number of halogens is 1. The molecule has 4 heteroatoms. The molecule has 0 aliphatic carbocycles. The Hall–Kier alpha value is -0.780. The summed E-state index contributed by atoms with van der Waals surface area (Å²) in [6, 6.07) is 3.09. The Labute approximate surface area is 83.3 Å². The summed E-state index contributed by atoms with van der Waals surface area (Å²) in [4.78, 5) is 25.5. The van der Waals surface area contributed by atoms with Crippen molar-refractivity contribution < 1.29 is 9.59 Å². The van der Waals surface area contributed by atoms with Gasteiger partial charge < -0.3 is 0 Å². The van der Waals surface area contributed by atoms with Gasteiger partial charge in [0.2, 0.25) is 3.79 Å². The Kier molecular flexibility index (Phi) is 2.91. The minimum Gasteiger partial charge on any atom is -0.295 e. The van der Waals surface area contributed by atoms with Crippen LogP contribution in [-0.4, -0.2) is 14.6 Å². The number of aromatic nitrogens is 1. The lowest BCUT2D eigenvalue weighted by atomic mass is 10.2. The maximum atomic E-state index is 10.9. The lowest BCUT2D eigenvalue weighted by Gasteiger charge is -1.95. The molecule has 0 aliphatic heterocycles. The molecule has 1 aromatic rings. The van der Waals surface area contributed by atoms with Crippen LogP contribution in [0.3, 0.4) is 0 Å². The van der Waals surface area contributed by atoms with Crippen molar-refractivity contribution in [3.05, 3.63) is 29.6 Å². The highest BCUT2D eigenvalue weighted by Gasteiger charge is 2.05. The molecule has 0 aromatic carbocycles. The molecule has 0 aliphatic rings. The van der Waals surface area contributed by atoms with Gasteiger partial charge in [-0.25, -0.2) is 0 Å². The van der Waals surface area contributed by atoms with Crippen LogP contribution in [0.15, 0.2) is 18.3 Å². The van der Waals surface area contributed by atoms with E-state index < -0.39 is 0 Å². The molecular formula is C8H6INO2. The van der Waals surface area contributed by atoms with Crippen molar-refractivity contribution in [2.45, 2.75) is 6.92 Å². The van der Waals surface area contributed by atoms with Crippen LogP contribution in [0.4, 0.5) is 0 Å². The molecule has 1 heterocycles. The molecule has 62 valence electrons. The van der Waals surface area contributed by atoms with Gasteiger partial charge in [-0.1, -0.05) is 0 Å². The molecule has 0 saturated heterocycles. The number of carbonyl (C=O) groups is 2. The van der Waals surface area contributed by atoms with Crippen molar-refractivity contribution in [2.24, 2.45) is 0 Å². The largest absolute Gasteiger partial charge is 0.295 e. The minimum absolute atomic E-state index is 0.0590. The molecule has 0 fully saturated rings. The summed E-state index contributed by atoms with van der Waals surface area (Å²) in [5.41, 5.74) is 0.841. The second kappa shape index (κ2) is 3.75. The average molecular weight is 275 g/mol. The van der Waals surface area contributed by atoms with Crippen molar-refractivity contribution in [1.29, 1.82) is 0 Å². The van der Waals surface area contributed by atoms with Gasteiger partial charge in [-0.3, -0.25) is 14.6 Å². The lowest BCUT2D eigenvalue weighted by Crippen LogP contribution is -1.98. The van der Waals surface area contributed by atoms with Gasteiger partial charge in [-0.05, 0) is 19.1 Å².